The van der Waals surface area contributed by atoms with E-state index in [2.05, 4.69) is 0 Å². The molecule has 1 amide bonds. The molecule has 0 unspecified atom stereocenters. The predicted octanol–water partition coefficient (Wildman–Crippen LogP) is 0.737. The molecule has 0 N–H and O–H groups in total. The van der Waals surface area contributed by atoms with Crippen molar-refractivity contribution in [3.63, 3.8) is 0 Å². The van der Waals surface area contributed by atoms with Crippen molar-refractivity contribution < 1.29 is 13.2 Å². The molecule has 4 nitrogen and oxygen atoms in total. The van der Waals surface area contributed by atoms with Crippen LogP contribution in [0, 0.1) is 0 Å². The topological polar surface area (TPSA) is 54.5 Å². The summed E-state index contributed by atoms with van der Waals surface area (Å²) >= 11 is 0. The zero-order chi connectivity index (χ0) is 10.3. The maximum absolute atomic E-state index is 11.5. The fraction of sp³-hybridized carbons (Fsp3) is 0.875. The highest BCUT2D eigenvalue weighted by molar-refractivity contribution is 7.89. The van der Waals surface area contributed by atoms with Crippen molar-refractivity contribution >= 4 is 15.9 Å². The molecule has 0 radical (unpaired) electrons. The third-order valence-corrected chi connectivity index (χ3v) is 4.02. The van der Waals surface area contributed by atoms with Gasteiger partial charge in [0.1, 0.15) is 0 Å². The first-order chi connectivity index (χ1) is 5.75. The number of sulfonamides is 1. The molecular weight excluding hydrogens is 190 g/mol. The zero-order valence-corrected chi connectivity index (χ0v) is 9.02. The molecule has 0 spiro atoms. The van der Waals surface area contributed by atoms with Gasteiger partial charge < -0.3 is 0 Å². The Kier molecular flexibility index (Phi) is 2.40. The number of carbonyl (C=O) groups excluding carboxylic acids is 1. The minimum atomic E-state index is -3.35. The molecule has 0 aliphatic carbocycles. The van der Waals surface area contributed by atoms with E-state index >= 15 is 0 Å². The smallest absolute Gasteiger partial charge is 0.237 e. The molecule has 0 bridgehead atoms. The van der Waals surface area contributed by atoms with Crippen molar-refractivity contribution in [2.24, 2.45) is 0 Å². The molecule has 1 aliphatic heterocycles. The molecule has 1 fully saturated rings. The number of carbonyl (C=O) groups is 1. The van der Waals surface area contributed by atoms with E-state index in [-0.39, 0.29) is 11.7 Å². The van der Waals surface area contributed by atoms with Crippen molar-refractivity contribution in [1.82, 2.24) is 4.31 Å². The molecule has 0 atom stereocenters. The van der Waals surface area contributed by atoms with Crippen LogP contribution in [0.4, 0.5) is 0 Å². The molecule has 1 rings (SSSR count). The van der Waals surface area contributed by atoms with Crippen molar-refractivity contribution in [2.75, 3.05) is 5.75 Å². The van der Waals surface area contributed by atoms with Gasteiger partial charge >= 0.3 is 0 Å². The summed E-state index contributed by atoms with van der Waals surface area (Å²) in [5.41, 5.74) is -0.629. The Morgan fingerprint density at radius 2 is 1.85 bits per heavy atom. The number of hydrogen-bond acceptors (Lipinski definition) is 3. The van der Waals surface area contributed by atoms with Crippen LogP contribution >= 0.6 is 0 Å². The molecule has 1 saturated heterocycles. The average molecular weight is 205 g/mol. The molecule has 76 valence electrons. The highest BCUT2D eigenvalue weighted by atomic mass is 32.2. The second kappa shape index (κ2) is 2.97. The summed E-state index contributed by atoms with van der Waals surface area (Å²) in [5, 5.41) is 0. The van der Waals surface area contributed by atoms with Crippen LogP contribution in [0.25, 0.3) is 0 Å². The van der Waals surface area contributed by atoms with Crippen LogP contribution in [0.5, 0.6) is 0 Å². The van der Waals surface area contributed by atoms with Gasteiger partial charge in [0.05, 0.1) is 11.3 Å². The van der Waals surface area contributed by atoms with E-state index in [1.807, 2.05) is 0 Å². The van der Waals surface area contributed by atoms with Gasteiger partial charge in [-0.05, 0) is 27.2 Å². The summed E-state index contributed by atoms with van der Waals surface area (Å²) in [7, 11) is -3.35. The monoisotopic (exact) mass is 205 g/mol. The van der Waals surface area contributed by atoms with Crippen LogP contribution < -0.4 is 0 Å². The Morgan fingerprint density at radius 1 is 1.31 bits per heavy atom. The van der Waals surface area contributed by atoms with Gasteiger partial charge in [-0.3, -0.25) is 4.79 Å². The van der Waals surface area contributed by atoms with Crippen LogP contribution in [0.2, 0.25) is 0 Å². The number of rotatable bonds is 0. The van der Waals surface area contributed by atoms with Crippen LogP contribution in [0.15, 0.2) is 0 Å². The normalized spacial score (nSPS) is 23.3. The lowest BCUT2D eigenvalue weighted by Gasteiger charge is -2.37. The van der Waals surface area contributed by atoms with Gasteiger partial charge in [-0.2, -0.15) is 0 Å². The van der Waals surface area contributed by atoms with Crippen LogP contribution in [0.3, 0.4) is 0 Å². The zero-order valence-electron chi connectivity index (χ0n) is 8.20. The van der Waals surface area contributed by atoms with Gasteiger partial charge in [-0.25, -0.2) is 12.7 Å². The van der Waals surface area contributed by atoms with Crippen molar-refractivity contribution in [3.05, 3.63) is 0 Å². The van der Waals surface area contributed by atoms with E-state index in [0.717, 1.165) is 4.31 Å². The summed E-state index contributed by atoms with van der Waals surface area (Å²) in [6, 6.07) is 0. The van der Waals surface area contributed by atoms with Crippen molar-refractivity contribution in [2.45, 2.75) is 39.2 Å². The summed E-state index contributed by atoms with van der Waals surface area (Å²) < 4.78 is 24.1. The largest absolute Gasteiger partial charge is 0.274 e. The molecule has 0 aromatic carbocycles. The van der Waals surface area contributed by atoms with E-state index in [0.29, 0.717) is 12.8 Å². The Morgan fingerprint density at radius 3 is 2.15 bits per heavy atom. The first-order valence-electron chi connectivity index (χ1n) is 4.31. The van der Waals surface area contributed by atoms with Gasteiger partial charge in [0.25, 0.3) is 0 Å². The Hall–Kier alpha value is -0.580. The third-order valence-electron chi connectivity index (χ3n) is 1.91. The fourth-order valence-corrected chi connectivity index (χ4v) is 3.47. The fourth-order valence-electron chi connectivity index (χ4n) is 1.55. The lowest BCUT2D eigenvalue weighted by molar-refractivity contribution is -0.130. The lowest BCUT2D eigenvalue weighted by atomic mass is 10.1. The molecule has 0 aromatic rings. The van der Waals surface area contributed by atoms with Gasteiger partial charge in [-0.1, -0.05) is 0 Å². The van der Waals surface area contributed by atoms with E-state index in [4.69, 9.17) is 0 Å². The summed E-state index contributed by atoms with van der Waals surface area (Å²) in [5.74, 6) is -0.186. The molecule has 13 heavy (non-hydrogen) atoms. The lowest BCUT2D eigenvalue weighted by Crippen LogP contribution is -2.52. The minimum Gasteiger partial charge on any atom is -0.274 e. The highest BCUT2D eigenvalue weighted by Crippen LogP contribution is 2.24. The van der Waals surface area contributed by atoms with E-state index in [9.17, 15) is 13.2 Å². The second-order valence-corrected chi connectivity index (χ2v) is 6.19. The van der Waals surface area contributed by atoms with Gasteiger partial charge in [0.15, 0.2) is 0 Å². The van der Waals surface area contributed by atoms with Crippen LogP contribution in [-0.2, 0) is 14.8 Å². The standard InChI is InChI=1S/C8H15NO3S/c1-8(2,3)9-7(10)5-4-6-13(9,11)12/h4-6H2,1-3H3. The maximum atomic E-state index is 11.5. The van der Waals surface area contributed by atoms with Gasteiger partial charge in [0.2, 0.25) is 15.9 Å². The maximum Gasteiger partial charge on any atom is 0.237 e. The van der Waals surface area contributed by atoms with Gasteiger partial charge in [-0.15, -0.1) is 0 Å². The third kappa shape index (κ3) is 2.02. The van der Waals surface area contributed by atoms with Crippen LogP contribution in [-0.4, -0.2) is 29.9 Å². The van der Waals surface area contributed by atoms with Crippen molar-refractivity contribution in [1.29, 1.82) is 0 Å². The molecule has 1 aliphatic rings. The van der Waals surface area contributed by atoms with Gasteiger partial charge in [0, 0.05) is 6.42 Å². The predicted molar refractivity (Wildman–Crippen MR) is 49.6 cm³/mol. The van der Waals surface area contributed by atoms with E-state index < -0.39 is 15.6 Å². The number of hydrogen-bond donors (Lipinski definition) is 0. The number of nitrogens with zero attached hydrogens (tertiary/aromatic N) is 1. The molecule has 1 heterocycles. The molecule has 0 saturated carbocycles. The SMILES string of the molecule is CC(C)(C)N1C(=O)CCCS1(=O)=O. The second-order valence-electron chi connectivity index (χ2n) is 4.25. The van der Waals surface area contributed by atoms with E-state index in [1.165, 1.54) is 0 Å². The molecule has 0 aromatic heterocycles. The Balaban J connectivity index is 3.09. The minimum absolute atomic E-state index is 0.0933. The summed E-state index contributed by atoms with van der Waals surface area (Å²) in [6.07, 6.45) is 0.796. The Bertz CT molecular complexity index is 313. The number of amides is 1. The first kappa shape index (κ1) is 10.5. The average Bonchev–Trinajstić information content (AvgIpc) is 1.79. The Labute approximate surface area is 79.0 Å². The summed E-state index contributed by atoms with van der Waals surface area (Å²) in [6.45, 7) is 5.19. The van der Waals surface area contributed by atoms with Crippen LogP contribution in [0.1, 0.15) is 33.6 Å². The molecular formula is C8H15NO3S. The quantitative estimate of drug-likeness (QED) is 0.586. The summed E-state index contributed by atoms with van der Waals surface area (Å²) in [4.78, 5) is 11.4. The molecule has 5 heteroatoms. The van der Waals surface area contributed by atoms with E-state index in [1.54, 1.807) is 20.8 Å². The highest BCUT2D eigenvalue weighted by Gasteiger charge is 2.39. The first-order valence-corrected chi connectivity index (χ1v) is 5.92. The van der Waals surface area contributed by atoms with Crippen molar-refractivity contribution in [3.8, 4) is 0 Å².